The third-order valence-electron chi connectivity index (χ3n) is 2.84. The van der Waals surface area contributed by atoms with Crippen molar-refractivity contribution >= 4 is 16.3 Å². The van der Waals surface area contributed by atoms with Gasteiger partial charge in [-0.2, -0.15) is 0 Å². The predicted molar refractivity (Wildman–Crippen MR) is 68.8 cm³/mol. The Morgan fingerprint density at radius 3 is 2.55 bits per heavy atom. The zero-order valence-corrected chi connectivity index (χ0v) is 12.0. The third-order valence-corrected chi connectivity index (χ3v) is 4.25. The summed E-state index contributed by atoms with van der Waals surface area (Å²) in [6, 6.07) is 1.99. The van der Waals surface area contributed by atoms with Gasteiger partial charge in [-0.05, 0) is 32.9 Å². The first-order valence-corrected chi connectivity index (χ1v) is 7.33. The van der Waals surface area contributed by atoms with Gasteiger partial charge in [-0.15, -0.1) is 0 Å². The molecule has 0 aliphatic carbocycles. The molecule has 0 aliphatic rings. The van der Waals surface area contributed by atoms with E-state index in [2.05, 4.69) is 9.88 Å². The highest BCUT2D eigenvalue weighted by Crippen LogP contribution is 2.23. The maximum atomic E-state index is 12.1. The van der Waals surface area contributed by atoms with Crippen LogP contribution in [-0.4, -0.2) is 19.9 Å². The zero-order chi connectivity index (χ0) is 14.9. The Labute approximate surface area is 116 Å². The van der Waals surface area contributed by atoms with E-state index in [1.165, 1.54) is 12.1 Å². The van der Waals surface area contributed by atoms with Gasteiger partial charge in [-0.25, -0.2) is 13.1 Å². The first-order chi connectivity index (χ1) is 9.35. The fourth-order valence-electron chi connectivity index (χ4n) is 2.00. The van der Waals surface area contributed by atoms with E-state index in [0.29, 0.717) is 23.3 Å². The molecule has 0 spiro atoms. The molecule has 0 saturated carbocycles. The molecule has 0 aliphatic heterocycles. The largest absolute Gasteiger partial charge is 0.440 e. The Morgan fingerprint density at radius 2 is 2.05 bits per heavy atom. The number of hydrogen-bond donors (Lipinski definition) is 1. The number of sulfonamides is 1. The first kappa shape index (κ1) is 14.5. The molecule has 1 atom stereocenters. The molecule has 7 nitrogen and oxygen atoms in total. The Bertz CT molecular complexity index is 709. The maximum Gasteiger partial charge on any atom is 0.274 e. The van der Waals surface area contributed by atoms with Gasteiger partial charge in [0.15, 0.2) is 12.0 Å². The van der Waals surface area contributed by atoms with Crippen molar-refractivity contribution in [2.24, 2.45) is 0 Å². The summed E-state index contributed by atoms with van der Waals surface area (Å²) in [5.41, 5.74) is 1.29. The van der Waals surface area contributed by atoms with Crippen LogP contribution in [0.2, 0.25) is 0 Å². The number of rotatable bonds is 5. The van der Waals surface area contributed by atoms with Gasteiger partial charge in [-0.3, -0.25) is 4.79 Å². The third kappa shape index (κ3) is 2.66. The number of aromatic nitrogens is 1. The average Bonchev–Trinajstić information content (AvgIpc) is 2.96. The minimum atomic E-state index is -3.85. The molecule has 8 heteroatoms. The Morgan fingerprint density at radius 1 is 1.35 bits per heavy atom. The number of nitrogens with one attached hydrogen (secondary N) is 1. The second-order valence-electron chi connectivity index (χ2n) is 4.36. The maximum absolute atomic E-state index is 12.1. The number of nitrogens with zero attached hydrogens (tertiary/aromatic N) is 1. The van der Waals surface area contributed by atoms with E-state index < -0.39 is 16.1 Å². The second-order valence-corrected chi connectivity index (χ2v) is 6.00. The van der Waals surface area contributed by atoms with Gasteiger partial charge in [0.1, 0.15) is 5.76 Å². The molecule has 20 heavy (non-hydrogen) atoms. The molecule has 2 aromatic heterocycles. The first-order valence-electron chi connectivity index (χ1n) is 5.85. The molecular weight excluding hydrogens is 284 g/mol. The minimum Gasteiger partial charge on any atom is -0.440 e. The van der Waals surface area contributed by atoms with Gasteiger partial charge in [-0.1, -0.05) is 5.16 Å². The molecule has 0 radical (unpaired) electrons. The van der Waals surface area contributed by atoms with Crippen molar-refractivity contribution < 1.29 is 22.2 Å². The van der Waals surface area contributed by atoms with E-state index in [-0.39, 0.29) is 10.9 Å². The fraction of sp³-hybridized carbons (Fsp3) is 0.333. The number of hydrogen-bond acceptors (Lipinski definition) is 6. The standard InChI is InChI=1S/C12H14N2O5S/c1-7-12(9(3)19-13-7)8(2)14-20(16,17)11-5-4-10(6-15)18-11/h4-6,8,14H,1-3H3. The summed E-state index contributed by atoms with van der Waals surface area (Å²) in [7, 11) is -3.85. The second kappa shape index (κ2) is 5.22. The van der Waals surface area contributed by atoms with Crippen molar-refractivity contribution in [3.63, 3.8) is 0 Å². The van der Waals surface area contributed by atoms with E-state index in [4.69, 9.17) is 8.94 Å². The molecule has 0 bridgehead atoms. The number of aryl methyl sites for hydroxylation is 2. The van der Waals surface area contributed by atoms with Crippen LogP contribution >= 0.6 is 0 Å². The van der Waals surface area contributed by atoms with Gasteiger partial charge < -0.3 is 8.94 Å². The van der Waals surface area contributed by atoms with Crippen molar-refractivity contribution in [2.75, 3.05) is 0 Å². The smallest absolute Gasteiger partial charge is 0.274 e. The van der Waals surface area contributed by atoms with Gasteiger partial charge in [0, 0.05) is 11.6 Å². The van der Waals surface area contributed by atoms with Crippen LogP contribution < -0.4 is 4.72 Å². The average molecular weight is 298 g/mol. The Hall–Kier alpha value is -1.93. The van der Waals surface area contributed by atoms with Crippen LogP contribution in [0.4, 0.5) is 0 Å². The lowest BCUT2D eigenvalue weighted by molar-refractivity contribution is 0.109. The van der Waals surface area contributed by atoms with Crippen LogP contribution in [-0.2, 0) is 10.0 Å². The summed E-state index contributed by atoms with van der Waals surface area (Å²) in [6.45, 7) is 5.11. The van der Waals surface area contributed by atoms with Gasteiger partial charge in [0.25, 0.3) is 10.0 Å². The lowest BCUT2D eigenvalue weighted by Crippen LogP contribution is -2.27. The lowest BCUT2D eigenvalue weighted by atomic mass is 10.1. The summed E-state index contributed by atoms with van der Waals surface area (Å²) in [5, 5.41) is 3.47. The van der Waals surface area contributed by atoms with Crippen LogP contribution in [0, 0.1) is 13.8 Å². The van der Waals surface area contributed by atoms with E-state index in [1.807, 2.05) is 0 Å². The van der Waals surface area contributed by atoms with E-state index in [0.717, 1.165) is 0 Å². The number of aldehydes is 1. The summed E-state index contributed by atoms with van der Waals surface area (Å²) in [5.74, 6) is 0.501. The highest BCUT2D eigenvalue weighted by molar-refractivity contribution is 7.89. The molecule has 2 aromatic rings. The monoisotopic (exact) mass is 298 g/mol. The van der Waals surface area contributed by atoms with Crippen molar-refractivity contribution in [1.82, 2.24) is 9.88 Å². The molecule has 0 aromatic carbocycles. The minimum absolute atomic E-state index is 0.0460. The topological polar surface area (TPSA) is 102 Å². The quantitative estimate of drug-likeness (QED) is 0.843. The van der Waals surface area contributed by atoms with Gasteiger partial charge in [0.2, 0.25) is 5.09 Å². The lowest BCUT2D eigenvalue weighted by Gasteiger charge is -2.12. The van der Waals surface area contributed by atoms with Crippen LogP contribution in [0.1, 0.15) is 40.5 Å². The molecule has 0 fully saturated rings. The molecule has 1 N–H and O–H groups in total. The predicted octanol–water partition coefficient (Wildman–Crippen LogP) is 1.74. The highest BCUT2D eigenvalue weighted by Gasteiger charge is 2.25. The number of carbonyl (C=O) groups excluding carboxylic acids is 1. The summed E-state index contributed by atoms with van der Waals surface area (Å²) >= 11 is 0. The summed E-state index contributed by atoms with van der Waals surface area (Å²) in [4.78, 5) is 10.5. The van der Waals surface area contributed by atoms with Crippen LogP contribution in [0.5, 0.6) is 0 Å². The van der Waals surface area contributed by atoms with Crippen LogP contribution in [0.15, 0.2) is 26.2 Å². The summed E-state index contributed by atoms with van der Waals surface area (Å²) < 4.78 is 36.6. The SMILES string of the molecule is Cc1noc(C)c1C(C)NS(=O)(=O)c1ccc(C=O)o1. The molecular formula is C12H14N2O5S. The van der Waals surface area contributed by atoms with Crippen molar-refractivity contribution in [1.29, 1.82) is 0 Å². The van der Waals surface area contributed by atoms with E-state index in [9.17, 15) is 13.2 Å². The Balaban J connectivity index is 2.26. The molecule has 2 heterocycles. The fourth-order valence-corrected chi connectivity index (χ4v) is 3.15. The van der Waals surface area contributed by atoms with Crippen molar-refractivity contribution in [2.45, 2.75) is 31.9 Å². The molecule has 108 valence electrons. The normalized spacial score (nSPS) is 13.3. The van der Waals surface area contributed by atoms with E-state index >= 15 is 0 Å². The molecule has 2 rings (SSSR count). The highest BCUT2D eigenvalue weighted by atomic mass is 32.2. The number of furan rings is 1. The van der Waals surface area contributed by atoms with Gasteiger partial charge >= 0.3 is 0 Å². The van der Waals surface area contributed by atoms with Crippen LogP contribution in [0.25, 0.3) is 0 Å². The molecule has 0 saturated heterocycles. The van der Waals surface area contributed by atoms with E-state index in [1.54, 1.807) is 20.8 Å². The van der Waals surface area contributed by atoms with Gasteiger partial charge in [0.05, 0.1) is 5.69 Å². The van der Waals surface area contributed by atoms with Crippen LogP contribution in [0.3, 0.4) is 0 Å². The molecule has 0 amide bonds. The number of carbonyl (C=O) groups is 1. The zero-order valence-electron chi connectivity index (χ0n) is 11.2. The Kier molecular flexibility index (Phi) is 3.78. The molecule has 1 unspecified atom stereocenters. The van der Waals surface area contributed by atoms with Crippen molar-refractivity contribution in [3.05, 3.63) is 34.9 Å². The van der Waals surface area contributed by atoms with Crippen molar-refractivity contribution in [3.8, 4) is 0 Å². The summed E-state index contributed by atoms with van der Waals surface area (Å²) in [6.07, 6.45) is 0.441.